The summed E-state index contributed by atoms with van der Waals surface area (Å²) in [4.78, 5) is 18.9. The number of likely N-dealkylation sites (N-methyl/N-ethyl adjacent to an activating group) is 1. The summed E-state index contributed by atoms with van der Waals surface area (Å²) in [6, 6.07) is 10.4. The van der Waals surface area contributed by atoms with Crippen molar-refractivity contribution >= 4 is 5.91 Å². The molecule has 2 fully saturated rings. The molecule has 0 N–H and O–H groups in total. The van der Waals surface area contributed by atoms with Crippen molar-refractivity contribution in [3.63, 3.8) is 0 Å². The fraction of sp³-hybridized carbons (Fsp3) is 0.545. The Balaban J connectivity index is 1.45. The molecule has 0 bridgehead atoms. The molecule has 28 heavy (non-hydrogen) atoms. The van der Waals surface area contributed by atoms with Crippen molar-refractivity contribution in [3.05, 3.63) is 41.7 Å². The smallest absolute Gasteiger partial charge is 0.222 e. The highest BCUT2D eigenvalue weighted by Gasteiger charge is 2.41. The molecule has 3 heterocycles. The Morgan fingerprint density at radius 2 is 1.89 bits per heavy atom. The second-order valence-corrected chi connectivity index (χ2v) is 8.47. The van der Waals surface area contributed by atoms with Crippen LogP contribution in [0.25, 0.3) is 11.3 Å². The fourth-order valence-electron chi connectivity index (χ4n) is 4.44. The maximum absolute atomic E-state index is 12.1. The zero-order valence-electron chi connectivity index (χ0n) is 17.1. The summed E-state index contributed by atoms with van der Waals surface area (Å²) >= 11 is 0. The van der Waals surface area contributed by atoms with Crippen molar-refractivity contribution < 1.29 is 9.32 Å². The zero-order valence-corrected chi connectivity index (χ0v) is 17.1. The summed E-state index contributed by atoms with van der Waals surface area (Å²) in [6.45, 7) is 6.65. The van der Waals surface area contributed by atoms with E-state index < -0.39 is 0 Å². The summed E-state index contributed by atoms with van der Waals surface area (Å²) in [5.41, 5.74) is 3.28. The molecule has 2 aliphatic heterocycles. The van der Waals surface area contributed by atoms with Gasteiger partial charge in [-0.3, -0.25) is 14.6 Å². The van der Waals surface area contributed by atoms with Crippen molar-refractivity contribution in [1.82, 2.24) is 19.9 Å². The summed E-state index contributed by atoms with van der Waals surface area (Å²) in [6.07, 6.45) is 2.58. The zero-order chi connectivity index (χ0) is 19.7. The molecule has 0 unspecified atom stereocenters. The van der Waals surface area contributed by atoms with Crippen LogP contribution in [-0.4, -0.2) is 71.6 Å². The second-order valence-electron chi connectivity index (χ2n) is 8.47. The minimum atomic E-state index is 0.0679. The quantitative estimate of drug-likeness (QED) is 0.817. The Labute approximate surface area is 167 Å². The average molecular weight is 383 g/mol. The van der Waals surface area contributed by atoms with Crippen LogP contribution in [0.15, 0.2) is 34.9 Å². The van der Waals surface area contributed by atoms with E-state index in [1.165, 1.54) is 5.56 Å². The first-order valence-corrected chi connectivity index (χ1v) is 10.2. The van der Waals surface area contributed by atoms with Crippen molar-refractivity contribution in [3.8, 4) is 11.3 Å². The van der Waals surface area contributed by atoms with E-state index >= 15 is 0 Å². The molecule has 1 atom stereocenters. The molecule has 2 aromatic rings. The molecule has 2 aliphatic rings. The van der Waals surface area contributed by atoms with Gasteiger partial charge in [-0.2, -0.15) is 0 Å². The SMILES string of the molecule is Cc1ccc(-c2cc(CN3CCN(C)[C@@]4(CCC(=O)N(C)CC4)C3)on2)cc1. The van der Waals surface area contributed by atoms with Crippen LogP contribution < -0.4 is 0 Å². The predicted molar refractivity (Wildman–Crippen MR) is 109 cm³/mol. The van der Waals surface area contributed by atoms with Gasteiger partial charge in [0.1, 0.15) is 5.69 Å². The van der Waals surface area contributed by atoms with Crippen molar-refractivity contribution in [2.45, 2.75) is 38.3 Å². The highest BCUT2D eigenvalue weighted by molar-refractivity contribution is 5.76. The first kappa shape index (κ1) is 19.2. The highest BCUT2D eigenvalue weighted by atomic mass is 16.5. The number of nitrogens with zero attached hydrogens (tertiary/aromatic N) is 4. The number of carbonyl (C=O) groups is 1. The van der Waals surface area contributed by atoms with Crippen LogP contribution in [0.4, 0.5) is 0 Å². The van der Waals surface area contributed by atoms with Crippen LogP contribution in [0, 0.1) is 6.92 Å². The van der Waals surface area contributed by atoms with Gasteiger partial charge in [-0.25, -0.2) is 0 Å². The van der Waals surface area contributed by atoms with Crippen LogP contribution in [-0.2, 0) is 11.3 Å². The number of amides is 1. The molecule has 1 amide bonds. The maximum atomic E-state index is 12.1. The van der Waals surface area contributed by atoms with E-state index in [1.54, 1.807) is 0 Å². The van der Waals surface area contributed by atoms with Crippen LogP contribution in [0.1, 0.15) is 30.6 Å². The molecule has 1 aromatic carbocycles. The Morgan fingerprint density at radius 1 is 1.11 bits per heavy atom. The molecule has 6 heteroatoms. The van der Waals surface area contributed by atoms with E-state index in [9.17, 15) is 4.79 Å². The van der Waals surface area contributed by atoms with Gasteiger partial charge in [0.05, 0.1) is 6.54 Å². The number of piperazine rings is 1. The standard InChI is InChI=1S/C22H30N4O2/c1-17-4-6-18(7-5-17)20-14-19(28-23-20)15-26-13-12-25(3)22(16-26)9-8-21(27)24(2)11-10-22/h4-7,14H,8-13,15-16H2,1-3H3/t22-/m1/s1. The Bertz CT molecular complexity index is 831. The Morgan fingerprint density at radius 3 is 2.68 bits per heavy atom. The minimum Gasteiger partial charge on any atom is -0.359 e. The van der Waals surface area contributed by atoms with Crippen LogP contribution in [0.2, 0.25) is 0 Å². The number of likely N-dealkylation sites (tertiary alicyclic amines) is 1. The number of carbonyl (C=O) groups excluding carboxylic acids is 1. The molecule has 6 nitrogen and oxygen atoms in total. The lowest BCUT2D eigenvalue weighted by Crippen LogP contribution is -2.60. The van der Waals surface area contributed by atoms with Crippen molar-refractivity contribution in [2.75, 3.05) is 40.3 Å². The van der Waals surface area contributed by atoms with Gasteiger partial charge in [0.2, 0.25) is 5.91 Å². The van der Waals surface area contributed by atoms with Gasteiger partial charge in [0.15, 0.2) is 5.76 Å². The number of rotatable bonds is 3. The van der Waals surface area contributed by atoms with Crippen molar-refractivity contribution in [1.29, 1.82) is 0 Å². The number of benzene rings is 1. The van der Waals surface area contributed by atoms with Gasteiger partial charge in [0, 0.05) is 56.8 Å². The average Bonchev–Trinajstić information content (AvgIpc) is 3.10. The molecule has 0 radical (unpaired) electrons. The molecule has 2 saturated heterocycles. The molecule has 0 aliphatic carbocycles. The van der Waals surface area contributed by atoms with Gasteiger partial charge in [-0.05, 0) is 26.8 Å². The Kier molecular flexibility index (Phi) is 5.25. The van der Waals surface area contributed by atoms with Gasteiger partial charge in [-0.1, -0.05) is 35.0 Å². The minimum absolute atomic E-state index is 0.0679. The lowest BCUT2D eigenvalue weighted by molar-refractivity contribution is -0.129. The maximum Gasteiger partial charge on any atom is 0.222 e. The van der Waals surface area contributed by atoms with E-state index in [2.05, 4.69) is 59.3 Å². The monoisotopic (exact) mass is 382 g/mol. The van der Waals surface area contributed by atoms with E-state index in [0.29, 0.717) is 6.42 Å². The normalized spacial score (nSPS) is 24.7. The first-order chi connectivity index (χ1) is 13.4. The topological polar surface area (TPSA) is 52.8 Å². The second kappa shape index (κ2) is 7.68. The van der Waals surface area contributed by atoms with E-state index in [4.69, 9.17) is 4.52 Å². The summed E-state index contributed by atoms with van der Waals surface area (Å²) in [5.74, 6) is 1.16. The summed E-state index contributed by atoms with van der Waals surface area (Å²) < 4.78 is 5.65. The fourth-order valence-corrected chi connectivity index (χ4v) is 4.44. The lowest BCUT2D eigenvalue weighted by atomic mass is 9.86. The van der Waals surface area contributed by atoms with E-state index in [-0.39, 0.29) is 11.4 Å². The summed E-state index contributed by atoms with van der Waals surface area (Å²) in [7, 11) is 4.13. The number of hydrogen-bond acceptors (Lipinski definition) is 5. The van der Waals surface area contributed by atoms with Gasteiger partial charge < -0.3 is 9.42 Å². The van der Waals surface area contributed by atoms with E-state index in [1.807, 2.05) is 11.9 Å². The number of aryl methyl sites for hydroxylation is 1. The molecular weight excluding hydrogens is 352 g/mol. The Hall–Kier alpha value is -2.18. The first-order valence-electron chi connectivity index (χ1n) is 10.2. The molecule has 150 valence electrons. The van der Waals surface area contributed by atoms with Gasteiger partial charge >= 0.3 is 0 Å². The summed E-state index contributed by atoms with van der Waals surface area (Å²) in [5, 5.41) is 4.27. The molecule has 4 rings (SSSR count). The molecule has 1 spiro atoms. The highest BCUT2D eigenvalue weighted by Crippen LogP contribution is 2.32. The van der Waals surface area contributed by atoms with Crippen LogP contribution in [0.5, 0.6) is 0 Å². The predicted octanol–water partition coefficient (Wildman–Crippen LogP) is 2.78. The third-order valence-corrected chi connectivity index (χ3v) is 6.51. The number of aromatic nitrogens is 1. The van der Waals surface area contributed by atoms with Crippen LogP contribution >= 0.6 is 0 Å². The molecular formula is C22H30N4O2. The lowest BCUT2D eigenvalue weighted by Gasteiger charge is -2.49. The van der Waals surface area contributed by atoms with Crippen LogP contribution in [0.3, 0.4) is 0 Å². The van der Waals surface area contributed by atoms with Gasteiger partial charge in [-0.15, -0.1) is 0 Å². The molecule has 1 aromatic heterocycles. The largest absolute Gasteiger partial charge is 0.359 e. The van der Waals surface area contributed by atoms with E-state index in [0.717, 1.165) is 62.6 Å². The number of hydrogen-bond donors (Lipinski definition) is 0. The third-order valence-electron chi connectivity index (χ3n) is 6.51. The third kappa shape index (κ3) is 3.84. The van der Waals surface area contributed by atoms with Gasteiger partial charge in [0.25, 0.3) is 0 Å². The molecule has 0 saturated carbocycles. The van der Waals surface area contributed by atoms with Crippen molar-refractivity contribution in [2.24, 2.45) is 0 Å².